The lowest BCUT2D eigenvalue weighted by Crippen LogP contribution is -2.38. The van der Waals surface area contributed by atoms with E-state index in [-0.39, 0.29) is 25.0 Å². The Kier molecular flexibility index (Phi) is 9.00. The van der Waals surface area contributed by atoms with Crippen LogP contribution in [0.4, 0.5) is 5.95 Å². The van der Waals surface area contributed by atoms with E-state index in [0.717, 1.165) is 15.2 Å². The number of aromatic nitrogens is 4. The number of hydrogen-bond donors (Lipinski definition) is 1. The van der Waals surface area contributed by atoms with Crippen LogP contribution in [0.2, 0.25) is 19.6 Å². The van der Waals surface area contributed by atoms with Gasteiger partial charge in [-0.15, -0.1) is 0 Å². The van der Waals surface area contributed by atoms with Gasteiger partial charge in [-0.25, -0.2) is 22.4 Å². The van der Waals surface area contributed by atoms with E-state index < -0.39 is 35.2 Å². The topological polar surface area (TPSA) is 131 Å². The van der Waals surface area contributed by atoms with Crippen LogP contribution in [0.1, 0.15) is 46.4 Å². The molecule has 42 heavy (non-hydrogen) atoms. The van der Waals surface area contributed by atoms with Gasteiger partial charge in [0.2, 0.25) is 16.0 Å². The predicted octanol–water partition coefficient (Wildman–Crippen LogP) is 5.64. The van der Waals surface area contributed by atoms with Crippen molar-refractivity contribution >= 4 is 41.0 Å². The largest absolute Gasteiger partial charge is 0.465 e. The zero-order chi connectivity index (χ0) is 31.0. The van der Waals surface area contributed by atoms with Crippen LogP contribution in [-0.2, 0) is 31.0 Å². The maximum Gasteiger partial charge on any atom is 0.316 e. The first-order valence-electron chi connectivity index (χ1n) is 14.1. The van der Waals surface area contributed by atoms with Crippen molar-refractivity contribution in [1.29, 1.82) is 0 Å². The molecular weight excluding hydrogens is 571 g/mol. The number of carbonyl (C=O) groups is 1. The minimum atomic E-state index is -3.79. The molecule has 0 aliphatic rings. The molecule has 0 aliphatic heterocycles. The van der Waals surface area contributed by atoms with Crippen LogP contribution < -0.4 is 5.73 Å². The Morgan fingerprint density at radius 3 is 2.26 bits per heavy atom. The van der Waals surface area contributed by atoms with Crippen molar-refractivity contribution in [2.24, 2.45) is 0 Å². The summed E-state index contributed by atoms with van der Waals surface area (Å²) >= 11 is 0. The number of nitrogens with zero attached hydrogens (tertiary/aromatic N) is 4. The Labute approximate surface area is 248 Å². The molecule has 10 nitrogen and oxygen atoms in total. The summed E-state index contributed by atoms with van der Waals surface area (Å²) in [6.45, 7) is 16.0. The van der Waals surface area contributed by atoms with Gasteiger partial charge in [0, 0.05) is 16.9 Å². The lowest BCUT2D eigenvalue weighted by Gasteiger charge is -2.26. The molecule has 2 N–H and O–H groups in total. The molecule has 0 fully saturated rings. The molecule has 4 aromatic rings. The van der Waals surface area contributed by atoms with Crippen molar-refractivity contribution in [3.8, 4) is 22.5 Å². The second kappa shape index (κ2) is 12.0. The van der Waals surface area contributed by atoms with E-state index in [4.69, 9.17) is 20.2 Å². The summed E-state index contributed by atoms with van der Waals surface area (Å²) in [5.41, 5.74) is 9.79. The van der Waals surface area contributed by atoms with E-state index in [1.165, 1.54) is 0 Å². The van der Waals surface area contributed by atoms with Gasteiger partial charge in [0.25, 0.3) is 0 Å². The fourth-order valence-electron chi connectivity index (χ4n) is 4.53. The van der Waals surface area contributed by atoms with Gasteiger partial charge >= 0.3 is 5.97 Å². The Hall–Kier alpha value is -3.48. The highest BCUT2D eigenvalue weighted by Gasteiger charge is 2.31. The molecular formula is C30H41N5O5SSi. The molecule has 0 radical (unpaired) electrons. The molecule has 2 atom stereocenters. The Bertz CT molecular complexity index is 1690. The number of rotatable bonds is 11. The minimum absolute atomic E-state index is 0.0349. The molecule has 2 unspecified atom stereocenters. The van der Waals surface area contributed by atoms with Crippen molar-refractivity contribution in [2.45, 2.75) is 77.9 Å². The average molecular weight is 612 g/mol. The van der Waals surface area contributed by atoms with Crippen molar-refractivity contribution in [2.75, 3.05) is 12.3 Å². The summed E-state index contributed by atoms with van der Waals surface area (Å²) in [6.07, 6.45) is 0. The Morgan fingerprint density at radius 1 is 1.00 bits per heavy atom. The van der Waals surface area contributed by atoms with Gasteiger partial charge in [-0.3, -0.25) is 4.79 Å². The standard InChI is InChI=1S/C30H41N5O5SSi/c1-9-39-29(36)20(4)28-33-26(23-15-16-24-25(17-23)35(30(31)32-24)41(37,38)19(2)3)27(22-13-11-10-12-14-22)34(28)18-40-21(5)42(6,7)8/h10-17,19-21H,9,18H2,1-8H3,(H2,31,32). The smallest absolute Gasteiger partial charge is 0.316 e. The molecule has 0 bridgehead atoms. The fourth-order valence-corrected chi connectivity index (χ4v) is 6.25. The molecule has 2 aromatic heterocycles. The van der Waals surface area contributed by atoms with Gasteiger partial charge in [0.05, 0.1) is 42.4 Å². The number of nitrogens with two attached hydrogens (primary N) is 1. The zero-order valence-electron chi connectivity index (χ0n) is 25.6. The minimum Gasteiger partial charge on any atom is -0.465 e. The first-order chi connectivity index (χ1) is 19.7. The zero-order valence-corrected chi connectivity index (χ0v) is 27.4. The molecule has 4 rings (SSSR count). The van der Waals surface area contributed by atoms with Crippen LogP contribution in [0.5, 0.6) is 0 Å². The highest BCUT2D eigenvalue weighted by molar-refractivity contribution is 7.90. The molecule has 0 saturated heterocycles. The van der Waals surface area contributed by atoms with Crippen molar-refractivity contribution in [3.63, 3.8) is 0 Å². The van der Waals surface area contributed by atoms with Gasteiger partial charge in [0.1, 0.15) is 18.5 Å². The summed E-state index contributed by atoms with van der Waals surface area (Å²) in [6, 6.07) is 15.1. The van der Waals surface area contributed by atoms with Crippen LogP contribution in [0.3, 0.4) is 0 Å². The molecule has 0 amide bonds. The monoisotopic (exact) mass is 611 g/mol. The summed E-state index contributed by atoms with van der Waals surface area (Å²) in [5.74, 6) is -0.682. The van der Waals surface area contributed by atoms with Gasteiger partial charge in [0.15, 0.2) is 0 Å². The number of nitrogen functional groups attached to an aromatic ring is 1. The number of fused-ring (bicyclic) bond motifs is 1. The second-order valence-electron chi connectivity index (χ2n) is 11.8. The van der Waals surface area contributed by atoms with Crippen LogP contribution in [0, 0.1) is 0 Å². The highest BCUT2D eigenvalue weighted by atomic mass is 32.2. The molecule has 12 heteroatoms. The van der Waals surface area contributed by atoms with Crippen LogP contribution in [-0.4, -0.2) is 58.6 Å². The lowest BCUT2D eigenvalue weighted by molar-refractivity contribution is -0.144. The first kappa shape index (κ1) is 31.5. The van der Waals surface area contributed by atoms with Crippen molar-refractivity contribution < 1.29 is 22.7 Å². The third-order valence-corrected chi connectivity index (χ3v) is 12.2. The highest BCUT2D eigenvalue weighted by Crippen LogP contribution is 2.37. The molecule has 0 saturated carbocycles. The summed E-state index contributed by atoms with van der Waals surface area (Å²) < 4.78 is 41.3. The third kappa shape index (κ3) is 6.01. The maximum atomic E-state index is 13.2. The average Bonchev–Trinajstić information content (AvgIpc) is 3.48. The van der Waals surface area contributed by atoms with Crippen molar-refractivity contribution in [1.82, 2.24) is 18.5 Å². The number of carbonyl (C=O) groups excluding carboxylic acids is 1. The quantitative estimate of drug-likeness (QED) is 0.170. The Balaban J connectivity index is 2.01. The number of anilines is 1. The third-order valence-electron chi connectivity index (χ3n) is 7.51. The second-order valence-corrected chi connectivity index (χ2v) is 19.7. The lowest BCUT2D eigenvalue weighted by atomic mass is 10.0. The van der Waals surface area contributed by atoms with Crippen LogP contribution >= 0.6 is 0 Å². The SMILES string of the molecule is CCOC(=O)C(C)c1nc(-c2ccc3nc(N)n(S(=O)(=O)C(C)C)c3c2)c(-c2ccccc2)n1COC(C)[Si](C)(C)C. The summed E-state index contributed by atoms with van der Waals surface area (Å²) in [5, 5.41) is -0.706. The Morgan fingerprint density at radius 2 is 1.67 bits per heavy atom. The van der Waals surface area contributed by atoms with Crippen molar-refractivity contribution in [3.05, 3.63) is 54.4 Å². The maximum absolute atomic E-state index is 13.2. The van der Waals surface area contributed by atoms with E-state index in [9.17, 15) is 13.2 Å². The summed E-state index contributed by atoms with van der Waals surface area (Å²) in [4.78, 5) is 22.3. The predicted molar refractivity (Wildman–Crippen MR) is 169 cm³/mol. The number of imidazole rings is 2. The van der Waals surface area contributed by atoms with Gasteiger partial charge in [-0.05, 0) is 46.8 Å². The van der Waals surface area contributed by atoms with Crippen LogP contribution in [0.15, 0.2) is 48.5 Å². The first-order valence-corrected chi connectivity index (χ1v) is 19.2. The summed E-state index contributed by atoms with van der Waals surface area (Å²) in [7, 11) is -5.43. The van der Waals surface area contributed by atoms with E-state index in [1.807, 2.05) is 41.0 Å². The molecule has 0 spiro atoms. The normalized spacial score (nSPS) is 13.9. The molecule has 2 heterocycles. The number of esters is 1. The van der Waals surface area contributed by atoms with Crippen LogP contribution in [0.25, 0.3) is 33.5 Å². The fraction of sp³-hybridized carbons (Fsp3) is 0.433. The van der Waals surface area contributed by atoms with E-state index in [0.29, 0.717) is 28.1 Å². The molecule has 2 aromatic carbocycles. The van der Waals surface area contributed by atoms with Gasteiger partial charge in [-0.1, -0.05) is 56.0 Å². The molecule has 226 valence electrons. The molecule has 0 aliphatic carbocycles. The van der Waals surface area contributed by atoms with E-state index in [1.54, 1.807) is 39.8 Å². The number of hydrogen-bond acceptors (Lipinski definition) is 8. The van der Waals surface area contributed by atoms with Gasteiger partial charge < -0.3 is 19.8 Å². The number of benzene rings is 2. The van der Waals surface area contributed by atoms with E-state index in [2.05, 4.69) is 31.5 Å². The van der Waals surface area contributed by atoms with Gasteiger partial charge in [-0.2, -0.15) is 0 Å². The van der Waals surface area contributed by atoms with E-state index >= 15 is 0 Å². The number of ether oxygens (including phenoxy) is 2.